The molecule has 3 nitrogen and oxygen atoms in total. The minimum atomic E-state index is 0.568. The molecule has 0 N–H and O–H groups in total. The number of allylic oxidation sites excluding steroid dienone is 1. The average molecular weight is 327 g/mol. The van der Waals surface area contributed by atoms with Gasteiger partial charge in [-0.15, -0.1) is 0 Å². The highest BCUT2D eigenvalue weighted by Gasteiger charge is 2.13. The summed E-state index contributed by atoms with van der Waals surface area (Å²) in [7, 11) is 0. The number of rotatable bonds is 3. The summed E-state index contributed by atoms with van der Waals surface area (Å²) < 4.78 is 5.93. The number of hydrogen-bond acceptors (Lipinski definition) is 3. The van der Waals surface area contributed by atoms with Crippen molar-refractivity contribution in [3.05, 3.63) is 52.7 Å². The molecule has 23 heavy (non-hydrogen) atoms. The van der Waals surface area contributed by atoms with E-state index in [0.717, 1.165) is 24.5 Å². The summed E-state index contributed by atoms with van der Waals surface area (Å²) in [5.41, 5.74) is 1.41. The molecule has 1 aromatic heterocycles. The van der Waals surface area contributed by atoms with E-state index in [-0.39, 0.29) is 0 Å². The molecule has 118 valence electrons. The summed E-state index contributed by atoms with van der Waals surface area (Å²) in [5, 5.41) is 10.1. The summed E-state index contributed by atoms with van der Waals surface area (Å²) in [6.45, 7) is 2.08. The molecule has 2 aromatic rings. The normalized spacial score (nSPS) is 16.0. The third-order valence-corrected chi connectivity index (χ3v) is 4.34. The Hall–Kier alpha value is -2.18. The highest BCUT2D eigenvalue weighted by atomic mass is 35.5. The number of benzene rings is 1. The van der Waals surface area contributed by atoms with Crippen LogP contribution < -0.4 is 4.90 Å². The first-order chi connectivity index (χ1) is 11.3. The van der Waals surface area contributed by atoms with E-state index in [0.29, 0.717) is 16.4 Å². The van der Waals surface area contributed by atoms with Crippen LogP contribution >= 0.6 is 11.6 Å². The van der Waals surface area contributed by atoms with E-state index in [1.165, 1.54) is 25.7 Å². The van der Waals surface area contributed by atoms with Gasteiger partial charge in [0.05, 0.1) is 11.6 Å². The van der Waals surface area contributed by atoms with Gasteiger partial charge in [0.25, 0.3) is 0 Å². The molecule has 1 aromatic carbocycles. The largest absolute Gasteiger partial charge is 0.441 e. The monoisotopic (exact) mass is 326 g/mol. The Balaban J connectivity index is 1.81. The third-order valence-electron chi connectivity index (χ3n) is 4.09. The second-order valence-corrected chi connectivity index (χ2v) is 6.19. The van der Waals surface area contributed by atoms with Gasteiger partial charge in [-0.1, -0.05) is 36.6 Å². The lowest BCUT2D eigenvalue weighted by atomic mass is 10.1. The maximum absolute atomic E-state index is 9.40. The van der Waals surface area contributed by atoms with Gasteiger partial charge in [-0.3, -0.25) is 0 Å². The average Bonchev–Trinajstić information content (AvgIpc) is 2.86. The molecular formula is C19H19ClN2O. The van der Waals surface area contributed by atoms with Crippen LogP contribution in [0.25, 0.3) is 11.6 Å². The van der Waals surface area contributed by atoms with Crippen LogP contribution in [0, 0.1) is 11.3 Å². The van der Waals surface area contributed by atoms with Crippen LogP contribution in [0.2, 0.25) is 5.02 Å². The maximum Gasteiger partial charge on any atom is 0.196 e. The van der Waals surface area contributed by atoms with E-state index in [1.54, 1.807) is 18.2 Å². The molecule has 0 unspecified atom stereocenters. The highest BCUT2D eigenvalue weighted by Crippen LogP contribution is 2.25. The molecule has 1 saturated heterocycles. The fourth-order valence-corrected chi connectivity index (χ4v) is 2.96. The smallest absolute Gasteiger partial charge is 0.196 e. The SMILES string of the molecule is N#C/C(=C\c1ccc(N2CCCCCC2)o1)c1ccc(Cl)cc1. The summed E-state index contributed by atoms with van der Waals surface area (Å²) in [6, 6.07) is 13.4. The van der Waals surface area contributed by atoms with Gasteiger partial charge < -0.3 is 9.32 Å². The van der Waals surface area contributed by atoms with Crippen LogP contribution in [0.15, 0.2) is 40.8 Å². The van der Waals surface area contributed by atoms with Gasteiger partial charge in [-0.05, 0) is 42.7 Å². The van der Waals surface area contributed by atoms with Crippen molar-refractivity contribution in [1.82, 2.24) is 0 Å². The standard InChI is InChI=1S/C19H19ClN2O/c20-17-7-5-15(6-8-17)16(14-21)13-18-9-10-19(23-18)22-11-3-1-2-4-12-22/h5-10,13H,1-4,11-12H2/b16-13+. The fraction of sp³-hybridized carbons (Fsp3) is 0.316. The van der Waals surface area contributed by atoms with Gasteiger partial charge in [-0.25, -0.2) is 0 Å². The van der Waals surface area contributed by atoms with Gasteiger partial charge >= 0.3 is 0 Å². The Morgan fingerprint density at radius 1 is 1.04 bits per heavy atom. The minimum Gasteiger partial charge on any atom is -0.441 e. The molecule has 0 saturated carbocycles. The van der Waals surface area contributed by atoms with E-state index in [2.05, 4.69) is 11.0 Å². The molecule has 0 amide bonds. The molecular weight excluding hydrogens is 308 g/mol. The Bertz CT molecular complexity index is 717. The zero-order chi connectivity index (χ0) is 16.1. The van der Waals surface area contributed by atoms with E-state index < -0.39 is 0 Å². The lowest BCUT2D eigenvalue weighted by Gasteiger charge is -2.18. The summed E-state index contributed by atoms with van der Waals surface area (Å²) in [5.74, 6) is 1.60. The van der Waals surface area contributed by atoms with E-state index >= 15 is 0 Å². The van der Waals surface area contributed by atoms with Crippen molar-refractivity contribution >= 4 is 29.1 Å². The highest BCUT2D eigenvalue weighted by molar-refractivity contribution is 6.30. The maximum atomic E-state index is 9.40. The number of halogens is 1. The first-order valence-corrected chi connectivity index (χ1v) is 8.36. The molecule has 0 spiro atoms. The molecule has 4 heteroatoms. The Morgan fingerprint density at radius 3 is 2.39 bits per heavy atom. The zero-order valence-corrected chi connectivity index (χ0v) is 13.7. The van der Waals surface area contributed by atoms with Crippen molar-refractivity contribution < 1.29 is 4.42 Å². The quantitative estimate of drug-likeness (QED) is 0.711. The van der Waals surface area contributed by atoms with Crippen molar-refractivity contribution in [2.24, 2.45) is 0 Å². The van der Waals surface area contributed by atoms with Crippen molar-refractivity contribution in [1.29, 1.82) is 5.26 Å². The minimum absolute atomic E-state index is 0.568. The molecule has 3 rings (SSSR count). The van der Waals surface area contributed by atoms with Gasteiger partial charge in [0.1, 0.15) is 5.76 Å². The number of nitriles is 1. The summed E-state index contributed by atoms with van der Waals surface area (Å²) >= 11 is 5.90. The van der Waals surface area contributed by atoms with E-state index in [9.17, 15) is 5.26 Å². The molecule has 1 aliphatic rings. The van der Waals surface area contributed by atoms with Gasteiger partial charge in [0.2, 0.25) is 0 Å². The van der Waals surface area contributed by atoms with Crippen LogP contribution in [0.5, 0.6) is 0 Å². The summed E-state index contributed by atoms with van der Waals surface area (Å²) in [6.07, 6.45) is 6.78. The second-order valence-electron chi connectivity index (χ2n) is 5.75. The predicted molar refractivity (Wildman–Crippen MR) is 94.3 cm³/mol. The Labute approximate surface area is 141 Å². The van der Waals surface area contributed by atoms with Crippen LogP contribution in [-0.2, 0) is 0 Å². The van der Waals surface area contributed by atoms with Gasteiger partial charge in [0, 0.05) is 24.2 Å². The van der Waals surface area contributed by atoms with Gasteiger partial charge in [-0.2, -0.15) is 5.26 Å². The van der Waals surface area contributed by atoms with Gasteiger partial charge in [0.15, 0.2) is 5.88 Å². The lowest BCUT2D eigenvalue weighted by molar-refractivity contribution is 0.536. The second kappa shape index (κ2) is 7.39. The zero-order valence-electron chi connectivity index (χ0n) is 13.0. The fourth-order valence-electron chi connectivity index (χ4n) is 2.83. The van der Waals surface area contributed by atoms with E-state index in [4.69, 9.17) is 16.0 Å². The van der Waals surface area contributed by atoms with Crippen molar-refractivity contribution in [3.63, 3.8) is 0 Å². The molecule has 0 atom stereocenters. The molecule has 0 radical (unpaired) electrons. The number of nitrogens with zero attached hydrogens (tertiary/aromatic N) is 2. The van der Waals surface area contributed by atoms with Crippen molar-refractivity contribution in [2.75, 3.05) is 18.0 Å². The van der Waals surface area contributed by atoms with Crippen molar-refractivity contribution in [3.8, 4) is 6.07 Å². The third kappa shape index (κ3) is 3.97. The topological polar surface area (TPSA) is 40.2 Å². The number of hydrogen-bond donors (Lipinski definition) is 0. The molecule has 1 aliphatic heterocycles. The molecule has 0 bridgehead atoms. The van der Waals surface area contributed by atoms with E-state index in [1.807, 2.05) is 24.3 Å². The lowest BCUT2D eigenvalue weighted by Crippen LogP contribution is -2.23. The summed E-state index contributed by atoms with van der Waals surface area (Å²) in [4.78, 5) is 2.29. The van der Waals surface area contributed by atoms with Crippen LogP contribution in [0.4, 0.5) is 5.88 Å². The van der Waals surface area contributed by atoms with Crippen LogP contribution in [0.1, 0.15) is 37.0 Å². The number of furan rings is 1. The predicted octanol–water partition coefficient (Wildman–Crippen LogP) is 5.38. The first kappa shape index (κ1) is 15.7. The van der Waals surface area contributed by atoms with Crippen molar-refractivity contribution in [2.45, 2.75) is 25.7 Å². The van der Waals surface area contributed by atoms with Crippen LogP contribution in [0.3, 0.4) is 0 Å². The Morgan fingerprint density at radius 2 is 1.74 bits per heavy atom. The molecule has 0 aliphatic carbocycles. The first-order valence-electron chi connectivity index (χ1n) is 7.99. The molecule has 2 heterocycles. The number of anilines is 1. The van der Waals surface area contributed by atoms with Crippen LogP contribution in [-0.4, -0.2) is 13.1 Å². The molecule has 1 fully saturated rings. The Kier molecular flexibility index (Phi) is 5.05.